The summed E-state index contributed by atoms with van der Waals surface area (Å²) in [6.45, 7) is 4.01. The smallest absolute Gasteiger partial charge is 0.267 e. The second-order valence-corrected chi connectivity index (χ2v) is 7.06. The molecule has 4 nitrogen and oxygen atoms in total. The molecule has 1 aromatic carbocycles. The van der Waals surface area contributed by atoms with Crippen LogP contribution in [0.3, 0.4) is 0 Å². The fraction of sp³-hybridized carbons (Fsp3) is 0.188. The summed E-state index contributed by atoms with van der Waals surface area (Å²) >= 11 is 4.97. The fourth-order valence-electron chi connectivity index (χ4n) is 2.13. The number of aromatic nitrogens is 2. The standard InChI is InChI=1S/C16H14BrN3OS/c1-10(2)15-19-14-6-5-11(17)8-13(14)16(21)20(15)18-9-12-4-3-7-22-12/h3-10H,1-2H3. The van der Waals surface area contributed by atoms with E-state index >= 15 is 0 Å². The Kier molecular flexibility index (Phi) is 4.22. The number of rotatable bonds is 3. The van der Waals surface area contributed by atoms with Gasteiger partial charge in [0.25, 0.3) is 5.56 Å². The summed E-state index contributed by atoms with van der Waals surface area (Å²) in [6.07, 6.45) is 1.70. The quantitative estimate of drug-likeness (QED) is 0.643. The van der Waals surface area contributed by atoms with Crippen molar-refractivity contribution >= 4 is 44.4 Å². The average molecular weight is 376 g/mol. The van der Waals surface area contributed by atoms with Crippen LogP contribution in [0.4, 0.5) is 0 Å². The van der Waals surface area contributed by atoms with E-state index in [-0.39, 0.29) is 11.5 Å². The van der Waals surface area contributed by atoms with E-state index in [9.17, 15) is 4.79 Å². The van der Waals surface area contributed by atoms with Crippen LogP contribution in [-0.2, 0) is 0 Å². The lowest BCUT2D eigenvalue weighted by atomic mass is 10.2. The second-order valence-electron chi connectivity index (χ2n) is 5.16. The van der Waals surface area contributed by atoms with E-state index in [0.717, 1.165) is 9.35 Å². The second kappa shape index (κ2) is 6.14. The highest BCUT2D eigenvalue weighted by molar-refractivity contribution is 9.10. The van der Waals surface area contributed by atoms with Crippen LogP contribution in [0.25, 0.3) is 10.9 Å². The Balaban J connectivity index is 2.24. The van der Waals surface area contributed by atoms with E-state index in [1.54, 1.807) is 23.6 Å². The van der Waals surface area contributed by atoms with Gasteiger partial charge in [-0.3, -0.25) is 4.79 Å². The monoisotopic (exact) mass is 375 g/mol. The van der Waals surface area contributed by atoms with Crippen molar-refractivity contribution in [2.24, 2.45) is 5.10 Å². The minimum absolute atomic E-state index is 0.0984. The van der Waals surface area contributed by atoms with Crippen molar-refractivity contribution in [3.05, 3.63) is 61.2 Å². The number of fused-ring (bicyclic) bond motifs is 1. The van der Waals surface area contributed by atoms with Gasteiger partial charge < -0.3 is 0 Å². The predicted molar refractivity (Wildman–Crippen MR) is 95.1 cm³/mol. The number of benzene rings is 1. The zero-order chi connectivity index (χ0) is 15.7. The highest BCUT2D eigenvalue weighted by atomic mass is 79.9. The number of hydrogen-bond donors (Lipinski definition) is 0. The molecule has 0 unspecified atom stereocenters. The Morgan fingerprint density at radius 3 is 2.86 bits per heavy atom. The van der Waals surface area contributed by atoms with Gasteiger partial charge in [-0.25, -0.2) is 4.98 Å². The zero-order valence-corrected chi connectivity index (χ0v) is 14.6. The molecule has 0 radical (unpaired) electrons. The van der Waals surface area contributed by atoms with Gasteiger partial charge in [-0.15, -0.1) is 11.3 Å². The van der Waals surface area contributed by atoms with Crippen LogP contribution < -0.4 is 5.56 Å². The minimum Gasteiger partial charge on any atom is -0.267 e. The molecule has 0 aliphatic rings. The van der Waals surface area contributed by atoms with Crippen molar-refractivity contribution in [2.45, 2.75) is 19.8 Å². The molecule has 2 aromatic heterocycles. The van der Waals surface area contributed by atoms with Gasteiger partial charge in [0.05, 0.1) is 17.1 Å². The van der Waals surface area contributed by atoms with Crippen molar-refractivity contribution in [2.75, 3.05) is 0 Å². The summed E-state index contributed by atoms with van der Waals surface area (Å²) in [4.78, 5) is 18.4. The van der Waals surface area contributed by atoms with Gasteiger partial charge in [0.15, 0.2) is 0 Å². The molecule has 2 heterocycles. The Hall–Kier alpha value is -1.79. The molecule has 0 saturated carbocycles. The van der Waals surface area contributed by atoms with Crippen LogP contribution in [-0.4, -0.2) is 15.9 Å². The molecular weight excluding hydrogens is 362 g/mol. The number of hydrogen-bond acceptors (Lipinski definition) is 4. The molecule has 0 spiro atoms. The lowest BCUT2D eigenvalue weighted by molar-refractivity contribution is 0.665. The number of nitrogens with zero attached hydrogens (tertiary/aromatic N) is 3. The maximum Gasteiger partial charge on any atom is 0.282 e. The molecule has 22 heavy (non-hydrogen) atoms. The number of halogens is 1. The summed E-state index contributed by atoms with van der Waals surface area (Å²) in [6, 6.07) is 9.43. The third-order valence-electron chi connectivity index (χ3n) is 3.19. The first-order valence-electron chi connectivity index (χ1n) is 6.86. The van der Waals surface area contributed by atoms with E-state index in [1.165, 1.54) is 4.68 Å². The molecule has 0 amide bonds. The summed E-state index contributed by atoms with van der Waals surface area (Å²) in [5.41, 5.74) is 0.544. The summed E-state index contributed by atoms with van der Waals surface area (Å²) in [5.74, 6) is 0.758. The molecule has 0 saturated heterocycles. The Morgan fingerprint density at radius 2 is 2.18 bits per heavy atom. The largest absolute Gasteiger partial charge is 0.282 e. The average Bonchev–Trinajstić information content (AvgIpc) is 3.00. The molecule has 0 atom stereocenters. The van der Waals surface area contributed by atoms with Crippen molar-refractivity contribution in [1.29, 1.82) is 0 Å². The first-order chi connectivity index (χ1) is 10.6. The molecule has 112 valence electrons. The van der Waals surface area contributed by atoms with Gasteiger partial charge in [-0.05, 0) is 29.6 Å². The SMILES string of the molecule is CC(C)c1nc2ccc(Br)cc2c(=O)n1N=Cc1cccs1. The van der Waals surface area contributed by atoms with Gasteiger partial charge in [0.2, 0.25) is 0 Å². The maximum absolute atomic E-state index is 12.8. The maximum atomic E-state index is 12.8. The van der Waals surface area contributed by atoms with Crippen LogP contribution in [0.2, 0.25) is 0 Å². The molecular formula is C16H14BrN3OS. The molecule has 0 N–H and O–H groups in total. The third-order valence-corrected chi connectivity index (χ3v) is 4.49. The minimum atomic E-state index is -0.150. The lowest BCUT2D eigenvalue weighted by Crippen LogP contribution is -2.23. The highest BCUT2D eigenvalue weighted by Crippen LogP contribution is 2.19. The first-order valence-corrected chi connectivity index (χ1v) is 8.53. The molecule has 0 aliphatic carbocycles. The van der Waals surface area contributed by atoms with Gasteiger partial charge in [0, 0.05) is 15.3 Å². The van der Waals surface area contributed by atoms with E-state index in [1.807, 2.05) is 43.5 Å². The van der Waals surface area contributed by atoms with E-state index in [4.69, 9.17) is 0 Å². The van der Waals surface area contributed by atoms with Crippen molar-refractivity contribution in [3.63, 3.8) is 0 Å². The molecule has 3 rings (SSSR count). The first kappa shape index (κ1) is 15.1. The normalized spacial score (nSPS) is 11.8. The van der Waals surface area contributed by atoms with Gasteiger partial charge in [-0.2, -0.15) is 9.78 Å². The molecule has 0 bridgehead atoms. The summed E-state index contributed by atoms with van der Waals surface area (Å²) in [7, 11) is 0. The molecule has 0 fully saturated rings. The van der Waals surface area contributed by atoms with Crippen LogP contribution >= 0.6 is 27.3 Å². The zero-order valence-electron chi connectivity index (χ0n) is 12.2. The van der Waals surface area contributed by atoms with Gasteiger partial charge in [0.1, 0.15) is 5.82 Å². The van der Waals surface area contributed by atoms with Crippen molar-refractivity contribution in [1.82, 2.24) is 9.66 Å². The summed E-state index contributed by atoms with van der Waals surface area (Å²) < 4.78 is 2.25. The molecule has 3 aromatic rings. The van der Waals surface area contributed by atoms with E-state index in [2.05, 4.69) is 26.0 Å². The van der Waals surface area contributed by atoms with Gasteiger partial charge >= 0.3 is 0 Å². The summed E-state index contributed by atoms with van der Waals surface area (Å²) in [5, 5.41) is 6.89. The number of thiophene rings is 1. The predicted octanol–water partition coefficient (Wildman–Crippen LogP) is 4.23. The van der Waals surface area contributed by atoms with Gasteiger partial charge in [-0.1, -0.05) is 35.8 Å². The van der Waals surface area contributed by atoms with Crippen LogP contribution in [0.15, 0.2) is 50.1 Å². The van der Waals surface area contributed by atoms with E-state index < -0.39 is 0 Å². The topological polar surface area (TPSA) is 47.2 Å². The highest BCUT2D eigenvalue weighted by Gasteiger charge is 2.13. The van der Waals surface area contributed by atoms with Crippen LogP contribution in [0.1, 0.15) is 30.5 Å². The van der Waals surface area contributed by atoms with Crippen molar-refractivity contribution in [3.8, 4) is 0 Å². The lowest BCUT2D eigenvalue weighted by Gasteiger charge is -2.11. The Morgan fingerprint density at radius 1 is 1.36 bits per heavy atom. The fourth-order valence-corrected chi connectivity index (χ4v) is 3.07. The Bertz CT molecular complexity index is 898. The van der Waals surface area contributed by atoms with Crippen LogP contribution in [0, 0.1) is 0 Å². The Labute approximate surface area is 140 Å². The third kappa shape index (κ3) is 2.89. The molecule has 0 aliphatic heterocycles. The van der Waals surface area contributed by atoms with E-state index in [0.29, 0.717) is 16.7 Å². The molecule has 6 heteroatoms. The van der Waals surface area contributed by atoms with Crippen LogP contribution in [0.5, 0.6) is 0 Å². The van der Waals surface area contributed by atoms with Crippen molar-refractivity contribution < 1.29 is 0 Å².